The van der Waals surface area contributed by atoms with Crippen molar-refractivity contribution < 1.29 is 13.9 Å². The summed E-state index contributed by atoms with van der Waals surface area (Å²) in [7, 11) is 0. The molecule has 0 radical (unpaired) electrons. The molecule has 0 fully saturated rings. The second kappa shape index (κ2) is 7.54. The third-order valence-corrected chi connectivity index (χ3v) is 5.66. The molecule has 0 aliphatic carbocycles. The van der Waals surface area contributed by atoms with Crippen molar-refractivity contribution in [1.82, 2.24) is 4.98 Å². The number of halogens is 2. The quantitative estimate of drug-likeness (QED) is 0.746. The molecule has 1 atom stereocenters. The van der Waals surface area contributed by atoms with Crippen LogP contribution < -0.4 is 11.1 Å². The van der Waals surface area contributed by atoms with Crippen molar-refractivity contribution in [3.63, 3.8) is 0 Å². The van der Waals surface area contributed by atoms with Gasteiger partial charge in [0.1, 0.15) is 17.1 Å². The fourth-order valence-corrected chi connectivity index (χ4v) is 4.21. The third kappa shape index (κ3) is 3.50. The number of fused-ring (bicyclic) bond motifs is 1. The molecular weight excluding hydrogens is 403 g/mol. The number of hydrogen-bond acceptors (Lipinski definition) is 6. The Hall–Kier alpha value is -2.42. The van der Waals surface area contributed by atoms with Gasteiger partial charge in [0, 0.05) is 23.2 Å². The van der Waals surface area contributed by atoms with E-state index in [0.717, 1.165) is 5.57 Å². The zero-order valence-electron chi connectivity index (χ0n) is 14.6. The largest absolute Gasteiger partial charge is 0.378 e. The van der Waals surface area contributed by atoms with Crippen LogP contribution in [0, 0.1) is 5.82 Å². The Kier molecular flexibility index (Phi) is 5.09. The fraction of sp³-hybridized carbons (Fsp3) is 0.211. The summed E-state index contributed by atoms with van der Waals surface area (Å²) >= 11 is 7.21. The number of benzene rings is 1. The first-order valence-electron chi connectivity index (χ1n) is 8.46. The SMILES string of the molecule is NC1=N[C@@]2(c3cc(NC(=O)c4ccc(Cl)cn4)ccc3F)COCC=C2CS1. The molecular formula is C19H16ClFN4O2S. The van der Waals surface area contributed by atoms with Crippen LogP contribution in [0.15, 0.2) is 53.2 Å². The Balaban J connectivity index is 1.70. The number of nitrogens with one attached hydrogen (secondary N) is 1. The average Bonchev–Trinajstić information content (AvgIpc) is 2.69. The number of nitrogens with zero attached hydrogens (tertiary/aromatic N) is 2. The topological polar surface area (TPSA) is 89.6 Å². The van der Waals surface area contributed by atoms with E-state index in [1.54, 1.807) is 12.1 Å². The van der Waals surface area contributed by atoms with Crippen LogP contribution in [-0.2, 0) is 10.3 Å². The summed E-state index contributed by atoms with van der Waals surface area (Å²) in [6.07, 6.45) is 3.30. The van der Waals surface area contributed by atoms with Gasteiger partial charge in [0.05, 0.1) is 18.2 Å². The van der Waals surface area contributed by atoms with Crippen LogP contribution in [0.25, 0.3) is 0 Å². The molecule has 0 saturated heterocycles. The number of amides is 1. The molecule has 0 saturated carbocycles. The van der Waals surface area contributed by atoms with Crippen LogP contribution in [0.5, 0.6) is 0 Å². The lowest BCUT2D eigenvalue weighted by Gasteiger charge is -2.38. The second-order valence-electron chi connectivity index (χ2n) is 6.35. The lowest BCUT2D eigenvalue weighted by molar-refractivity contribution is 0.102. The van der Waals surface area contributed by atoms with E-state index in [-0.39, 0.29) is 12.3 Å². The minimum Gasteiger partial charge on any atom is -0.378 e. The predicted octanol–water partition coefficient (Wildman–Crippen LogP) is 3.34. The maximum atomic E-state index is 14.8. The molecule has 3 heterocycles. The van der Waals surface area contributed by atoms with Gasteiger partial charge in [-0.05, 0) is 35.9 Å². The van der Waals surface area contributed by atoms with Crippen molar-refractivity contribution in [2.45, 2.75) is 5.54 Å². The molecule has 28 heavy (non-hydrogen) atoms. The number of carbonyl (C=O) groups excluding carboxylic acids is 1. The van der Waals surface area contributed by atoms with Crippen LogP contribution in [0.2, 0.25) is 5.02 Å². The van der Waals surface area contributed by atoms with Crippen LogP contribution in [0.1, 0.15) is 16.1 Å². The number of amidine groups is 1. The Bertz CT molecular complexity index is 996. The van der Waals surface area contributed by atoms with E-state index in [0.29, 0.717) is 33.8 Å². The molecule has 3 N–H and O–H groups in total. The summed E-state index contributed by atoms with van der Waals surface area (Å²) in [6, 6.07) is 7.44. The van der Waals surface area contributed by atoms with Crippen LogP contribution in [0.3, 0.4) is 0 Å². The number of anilines is 1. The maximum absolute atomic E-state index is 14.8. The monoisotopic (exact) mass is 418 g/mol. The zero-order chi connectivity index (χ0) is 19.7. The number of ether oxygens (including phenoxy) is 1. The van der Waals surface area contributed by atoms with E-state index in [4.69, 9.17) is 22.1 Å². The van der Waals surface area contributed by atoms with E-state index < -0.39 is 17.3 Å². The van der Waals surface area contributed by atoms with E-state index in [2.05, 4.69) is 15.3 Å². The van der Waals surface area contributed by atoms with Crippen LogP contribution in [0.4, 0.5) is 10.1 Å². The number of hydrogen-bond donors (Lipinski definition) is 2. The van der Waals surface area contributed by atoms with Gasteiger partial charge in [0.2, 0.25) is 0 Å². The highest BCUT2D eigenvalue weighted by Crippen LogP contribution is 2.43. The molecule has 2 aliphatic rings. The first kappa shape index (κ1) is 18.9. The van der Waals surface area contributed by atoms with Gasteiger partial charge in [-0.25, -0.2) is 14.4 Å². The molecule has 144 valence electrons. The van der Waals surface area contributed by atoms with E-state index in [9.17, 15) is 9.18 Å². The summed E-state index contributed by atoms with van der Waals surface area (Å²) in [5.74, 6) is -0.254. The van der Waals surface area contributed by atoms with Gasteiger partial charge in [-0.2, -0.15) is 0 Å². The van der Waals surface area contributed by atoms with Gasteiger partial charge in [-0.3, -0.25) is 4.79 Å². The predicted molar refractivity (Wildman–Crippen MR) is 108 cm³/mol. The number of thioether (sulfide) groups is 1. The smallest absolute Gasteiger partial charge is 0.274 e. The van der Waals surface area contributed by atoms with Crippen molar-refractivity contribution >= 4 is 40.1 Å². The number of rotatable bonds is 3. The van der Waals surface area contributed by atoms with Crippen molar-refractivity contribution in [2.75, 3.05) is 24.3 Å². The molecule has 6 nitrogen and oxygen atoms in total. The Morgan fingerprint density at radius 3 is 3.00 bits per heavy atom. The number of pyridine rings is 1. The normalized spacial score (nSPS) is 21.4. The average molecular weight is 419 g/mol. The van der Waals surface area contributed by atoms with E-state index >= 15 is 0 Å². The summed E-state index contributed by atoms with van der Waals surface area (Å²) in [4.78, 5) is 21.0. The Morgan fingerprint density at radius 2 is 2.21 bits per heavy atom. The maximum Gasteiger partial charge on any atom is 0.274 e. The summed E-state index contributed by atoms with van der Waals surface area (Å²) < 4.78 is 20.4. The fourth-order valence-electron chi connectivity index (χ4n) is 3.22. The molecule has 0 spiro atoms. The van der Waals surface area contributed by atoms with E-state index in [1.165, 1.54) is 36.2 Å². The first-order valence-corrected chi connectivity index (χ1v) is 9.82. The molecule has 9 heteroatoms. The van der Waals surface area contributed by atoms with Gasteiger partial charge in [0.15, 0.2) is 5.17 Å². The minimum absolute atomic E-state index is 0.188. The standard InChI is InChI=1S/C19H16ClFN4O2S/c20-12-1-4-16(23-8-12)17(26)24-13-2-3-15(21)14(7-13)19-10-27-6-5-11(19)9-28-18(22)25-19/h1-5,7-8H,6,9-10H2,(H2,22,25)(H,24,26)/t19-/m0/s1. The molecule has 1 amide bonds. The Morgan fingerprint density at radius 1 is 1.36 bits per heavy atom. The lowest BCUT2D eigenvalue weighted by Crippen LogP contribution is -2.41. The van der Waals surface area contributed by atoms with Crippen LogP contribution in [-0.4, -0.2) is 35.0 Å². The van der Waals surface area contributed by atoms with Gasteiger partial charge < -0.3 is 15.8 Å². The van der Waals surface area contributed by atoms with Crippen molar-refractivity contribution in [2.24, 2.45) is 10.7 Å². The number of aliphatic imine (C=N–C) groups is 1. The summed E-state index contributed by atoms with van der Waals surface area (Å²) in [5.41, 5.74) is 6.80. The Labute approximate surface area is 170 Å². The minimum atomic E-state index is -1.02. The van der Waals surface area contributed by atoms with Crippen LogP contribution >= 0.6 is 23.4 Å². The highest BCUT2D eigenvalue weighted by molar-refractivity contribution is 8.14. The molecule has 4 rings (SSSR count). The van der Waals surface area contributed by atoms with Gasteiger partial charge in [0.25, 0.3) is 5.91 Å². The van der Waals surface area contributed by atoms with Gasteiger partial charge in [-0.1, -0.05) is 29.4 Å². The lowest BCUT2D eigenvalue weighted by atomic mass is 9.82. The van der Waals surface area contributed by atoms with Gasteiger partial charge in [-0.15, -0.1) is 0 Å². The molecule has 0 unspecified atom stereocenters. The highest BCUT2D eigenvalue weighted by Gasteiger charge is 2.43. The molecule has 2 aromatic rings. The van der Waals surface area contributed by atoms with Crippen molar-refractivity contribution in [3.05, 3.63) is 70.3 Å². The van der Waals surface area contributed by atoms with E-state index in [1.807, 2.05) is 6.08 Å². The molecule has 0 bridgehead atoms. The number of nitrogens with two attached hydrogens (primary N) is 1. The highest BCUT2D eigenvalue weighted by atomic mass is 35.5. The number of aromatic nitrogens is 1. The molecule has 2 aliphatic heterocycles. The first-order chi connectivity index (χ1) is 13.5. The van der Waals surface area contributed by atoms with Gasteiger partial charge >= 0.3 is 0 Å². The molecule has 1 aromatic heterocycles. The summed E-state index contributed by atoms with van der Waals surface area (Å²) in [6.45, 7) is 0.639. The third-order valence-electron chi connectivity index (χ3n) is 4.60. The summed E-state index contributed by atoms with van der Waals surface area (Å²) in [5, 5.41) is 3.54. The zero-order valence-corrected chi connectivity index (χ0v) is 16.2. The van der Waals surface area contributed by atoms with Crippen molar-refractivity contribution in [1.29, 1.82) is 0 Å². The van der Waals surface area contributed by atoms with Crippen molar-refractivity contribution in [3.8, 4) is 0 Å². The second-order valence-corrected chi connectivity index (χ2v) is 7.79. The number of carbonyl (C=O) groups is 1. The molecule has 1 aromatic carbocycles.